The molecule has 1 aliphatic heterocycles. The van der Waals surface area contributed by atoms with E-state index in [1.54, 1.807) is 0 Å². The van der Waals surface area contributed by atoms with Crippen molar-refractivity contribution >= 4 is 16.7 Å². The fourth-order valence-electron chi connectivity index (χ4n) is 2.09. The van der Waals surface area contributed by atoms with E-state index in [1.165, 1.54) is 24.4 Å². The summed E-state index contributed by atoms with van der Waals surface area (Å²) in [4.78, 5) is 6.85. The van der Waals surface area contributed by atoms with E-state index in [0.29, 0.717) is 5.92 Å². The topological polar surface area (TPSA) is 38.2 Å². The number of anilines is 1. The standard InChI is InChI=1S/C13H23N3OS/c1-13(2,3)11-14-12(18-15-11)16(4)8-10-6-5-7-17-9-10/h10H,5-9H2,1-4H3. The second kappa shape index (κ2) is 5.53. The Bertz CT molecular complexity index is 380. The van der Waals surface area contributed by atoms with Gasteiger partial charge in [-0.2, -0.15) is 4.37 Å². The van der Waals surface area contributed by atoms with Crippen molar-refractivity contribution < 1.29 is 4.74 Å². The highest BCUT2D eigenvalue weighted by Gasteiger charge is 2.22. The number of hydrogen-bond donors (Lipinski definition) is 0. The third-order valence-electron chi connectivity index (χ3n) is 3.20. The third kappa shape index (κ3) is 3.42. The van der Waals surface area contributed by atoms with Crippen molar-refractivity contribution in [3.8, 4) is 0 Å². The molecule has 2 rings (SSSR count). The maximum atomic E-state index is 5.52. The largest absolute Gasteiger partial charge is 0.381 e. The van der Waals surface area contributed by atoms with E-state index in [4.69, 9.17) is 4.74 Å². The Morgan fingerprint density at radius 3 is 2.78 bits per heavy atom. The molecule has 0 amide bonds. The van der Waals surface area contributed by atoms with Crippen molar-refractivity contribution in [2.75, 3.05) is 31.7 Å². The Morgan fingerprint density at radius 1 is 1.44 bits per heavy atom. The molecule has 1 fully saturated rings. The summed E-state index contributed by atoms with van der Waals surface area (Å²) in [5.41, 5.74) is 0.0313. The van der Waals surface area contributed by atoms with Crippen LogP contribution in [0, 0.1) is 5.92 Å². The molecule has 0 N–H and O–H groups in total. The SMILES string of the molecule is CN(CC1CCCOC1)c1nc(C(C)(C)C)ns1. The highest BCUT2D eigenvalue weighted by atomic mass is 32.1. The first-order valence-electron chi connectivity index (χ1n) is 6.60. The zero-order chi connectivity index (χ0) is 13.2. The van der Waals surface area contributed by atoms with Gasteiger partial charge < -0.3 is 9.64 Å². The van der Waals surface area contributed by atoms with Crippen molar-refractivity contribution in [1.82, 2.24) is 9.36 Å². The van der Waals surface area contributed by atoms with Crippen LogP contribution < -0.4 is 4.90 Å². The van der Waals surface area contributed by atoms with Gasteiger partial charge in [0.1, 0.15) is 5.82 Å². The second-order valence-corrected chi connectivity index (χ2v) is 6.84. The van der Waals surface area contributed by atoms with Crippen LogP contribution in [0.2, 0.25) is 0 Å². The molecule has 1 aliphatic rings. The van der Waals surface area contributed by atoms with Crippen molar-refractivity contribution in [2.24, 2.45) is 5.92 Å². The predicted octanol–water partition coefficient (Wildman–Crippen LogP) is 2.70. The first-order chi connectivity index (χ1) is 8.47. The Morgan fingerprint density at radius 2 is 2.22 bits per heavy atom. The van der Waals surface area contributed by atoms with Gasteiger partial charge in [-0.15, -0.1) is 0 Å². The van der Waals surface area contributed by atoms with E-state index in [9.17, 15) is 0 Å². The van der Waals surface area contributed by atoms with Gasteiger partial charge in [-0.05, 0) is 18.8 Å². The van der Waals surface area contributed by atoms with E-state index in [2.05, 4.69) is 42.1 Å². The van der Waals surface area contributed by atoms with Crippen molar-refractivity contribution in [3.05, 3.63) is 5.82 Å². The highest BCUT2D eigenvalue weighted by molar-refractivity contribution is 7.09. The molecule has 0 aliphatic carbocycles. The van der Waals surface area contributed by atoms with Gasteiger partial charge in [0, 0.05) is 37.1 Å². The molecular weight excluding hydrogens is 246 g/mol. The lowest BCUT2D eigenvalue weighted by Gasteiger charge is -2.26. The average molecular weight is 269 g/mol. The minimum atomic E-state index is 0.0313. The van der Waals surface area contributed by atoms with Gasteiger partial charge in [0.25, 0.3) is 0 Å². The van der Waals surface area contributed by atoms with Gasteiger partial charge in [0.2, 0.25) is 5.13 Å². The van der Waals surface area contributed by atoms with Crippen molar-refractivity contribution in [2.45, 2.75) is 39.0 Å². The maximum absolute atomic E-state index is 5.52. The van der Waals surface area contributed by atoms with Crippen molar-refractivity contribution in [3.63, 3.8) is 0 Å². The first kappa shape index (κ1) is 13.7. The van der Waals surface area contributed by atoms with Crippen LogP contribution >= 0.6 is 11.5 Å². The third-order valence-corrected chi connectivity index (χ3v) is 4.03. The number of aromatic nitrogens is 2. The molecule has 2 heterocycles. The summed E-state index contributed by atoms with van der Waals surface area (Å²) < 4.78 is 9.98. The molecular formula is C13H23N3OS. The fraction of sp³-hybridized carbons (Fsp3) is 0.846. The molecule has 1 aromatic rings. The minimum absolute atomic E-state index is 0.0313. The van der Waals surface area contributed by atoms with Gasteiger partial charge >= 0.3 is 0 Å². The molecule has 0 spiro atoms. The van der Waals surface area contributed by atoms with Gasteiger partial charge in [0.05, 0.1) is 6.61 Å². The summed E-state index contributed by atoms with van der Waals surface area (Å²) in [6, 6.07) is 0. The van der Waals surface area contributed by atoms with E-state index < -0.39 is 0 Å². The van der Waals surface area contributed by atoms with E-state index in [0.717, 1.165) is 30.7 Å². The van der Waals surface area contributed by atoms with E-state index in [1.807, 2.05) is 0 Å². The molecule has 4 nitrogen and oxygen atoms in total. The van der Waals surface area contributed by atoms with E-state index in [-0.39, 0.29) is 5.41 Å². The molecule has 1 unspecified atom stereocenters. The lowest BCUT2D eigenvalue weighted by Crippen LogP contribution is -2.30. The Balaban J connectivity index is 1.96. The Kier molecular flexibility index (Phi) is 4.22. The van der Waals surface area contributed by atoms with Crippen LogP contribution in [0.15, 0.2) is 0 Å². The molecule has 18 heavy (non-hydrogen) atoms. The molecule has 0 bridgehead atoms. The normalized spacial score (nSPS) is 21.0. The van der Waals surface area contributed by atoms with Crippen LogP contribution in [0.1, 0.15) is 39.4 Å². The van der Waals surface area contributed by atoms with Gasteiger partial charge in [-0.25, -0.2) is 4.98 Å². The molecule has 1 saturated heterocycles. The second-order valence-electron chi connectivity index (χ2n) is 6.11. The zero-order valence-corrected chi connectivity index (χ0v) is 12.6. The van der Waals surface area contributed by atoms with Crippen LogP contribution in [-0.4, -0.2) is 36.2 Å². The summed E-state index contributed by atoms with van der Waals surface area (Å²) in [5, 5.41) is 1.02. The smallest absolute Gasteiger partial charge is 0.204 e. The summed E-state index contributed by atoms with van der Waals surface area (Å²) in [6.45, 7) is 9.26. The summed E-state index contributed by atoms with van der Waals surface area (Å²) in [6.07, 6.45) is 2.44. The fourth-order valence-corrected chi connectivity index (χ4v) is 2.92. The van der Waals surface area contributed by atoms with Gasteiger partial charge in [-0.1, -0.05) is 20.8 Å². The molecule has 5 heteroatoms. The van der Waals surface area contributed by atoms with Crippen LogP contribution in [-0.2, 0) is 10.2 Å². The van der Waals surface area contributed by atoms with Crippen LogP contribution in [0.5, 0.6) is 0 Å². The van der Waals surface area contributed by atoms with Gasteiger partial charge in [0.15, 0.2) is 0 Å². The molecule has 1 atom stereocenters. The number of nitrogens with zero attached hydrogens (tertiary/aromatic N) is 3. The van der Waals surface area contributed by atoms with Crippen LogP contribution in [0.4, 0.5) is 5.13 Å². The monoisotopic (exact) mass is 269 g/mol. The lowest BCUT2D eigenvalue weighted by atomic mass is 9.96. The molecule has 0 aromatic carbocycles. The Hall–Kier alpha value is -0.680. The lowest BCUT2D eigenvalue weighted by molar-refractivity contribution is 0.0576. The van der Waals surface area contributed by atoms with Crippen LogP contribution in [0.25, 0.3) is 0 Å². The summed E-state index contributed by atoms with van der Waals surface area (Å²) in [5.74, 6) is 1.57. The Labute approximate surface area is 114 Å². The van der Waals surface area contributed by atoms with E-state index >= 15 is 0 Å². The zero-order valence-electron chi connectivity index (χ0n) is 11.8. The first-order valence-corrected chi connectivity index (χ1v) is 7.37. The quantitative estimate of drug-likeness (QED) is 0.845. The number of rotatable bonds is 3. The summed E-state index contributed by atoms with van der Waals surface area (Å²) >= 11 is 1.50. The minimum Gasteiger partial charge on any atom is -0.381 e. The average Bonchev–Trinajstić information content (AvgIpc) is 2.79. The molecule has 0 saturated carbocycles. The van der Waals surface area contributed by atoms with Gasteiger partial charge in [-0.3, -0.25) is 0 Å². The molecule has 1 aromatic heterocycles. The predicted molar refractivity (Wildman–Crippen MR) is 75.4 cm³/mol. The highest BCUT2D eigenvalue weighted by Crippen LogP contribution is 2.26. The summed E-state index contributed by atoms with van der Waals surface area (Å²) in [7, 11) is 2.10. The maximum Gasteiger partial charge on any atom is 0.204 e. The number of ether oxygens (including phenoxy) is 1. The molecule has 102 valence electrons. The molecule has 0 radical (unpaired) electrons. The van der Waals surface area contributed by atoms with Crippen LogP contribution in [0.3, 0.4) is 0 Å². The van der Waals surface area contributed by atoms with Crippen molar-refractivity contribution in [1.29, 1.82) is 0 Å². The number of hydrogen-bond acceptors (Lipinski definition) is 5.